The summed E-state index contributed by atoms with van der Waals surface area (Å²) in [6, 6.07) is 7.80. The molecule has 3 aromatic rings. The van der Waals surface area contributed by atoms with Crippen LogP contribution in [-0.4, -0.2) is 69.3 Å². The van der Waals surface area contributed by atoms with Crippen LogP contribution in [0.3, 0.4) is 0 Å². The maximum Gasteiger partial charge on any atom is 0.233 e. The smallest absolute Gasteiger partial charge is 0.233 e. The summed E-state index contributed by atoms with van der Waals surface area (Å²) in [5.41, 5.74) is 2.89. The number of nitrogens with zero attached hydrogens (tertiary/aromatic N) is 5. The third-order valence-corrected chi connectivity index (χ3v) is 5.96. The first-order valence-electron chi connectivity index (χ1n) is 8.56. The largest absolute Gasteiger partial charge is 0.339 e. The van der Waals surface area contributed by atoms with Crippen molar-refractivity contribution in [3.8, 4) is 0 Å². The lowest BCUT2D eigenvalue weighted by Crippen LogP contribution is -2.47. The van der Waals surface area contributed by atoms with E-state index in [0.29, 0.717) is 10.8 Å². The number of likely N-dealkylation sites (N-methyl/N-ethyl adjacent to an activating group) is 1. The van der Waals surface area contributed by atoms with Gasteiger partial charge in [0.15, 0.2) is 10.8 Å². The van der Waals surface area contributed by atoms with Crippen LogP contribution >= 0.6 is 23.4 Å². The Kier molecular flexibility index (Phi) is 4.77. The van der Waals surface area contributed by atoms with Gasteiger partial charge >= 0.3 is 0 Å². The van der Waals surface area contributed by atoms with Crippen LogP contribution < -0.4 is 0 Å². The van der Waals surface area contributed by atoms with E-state index in [1.165, 1.54) is 11.8 Å². The van der Waals surface area contributed by atoms with Crippen LogP contribution in [-0.2, 0) is 4.79 Å². The molecule has 1 aliphatic rings. The maximum absolute atomic E-state index is 12.5. The van der Waals surface area contributed by atoms with Crippen LogP contribution in [0.25, 0.3) is 16.6 Å². The number of halogens is 1. The standard InChI is InChI=1S/C18H20ClN5OS/c1-12-9-16-20-21-18(24(16)15-4-3-13(19)10-14(12)15)26-11-17(25)23-7-5-22(2)6-8-23/h3-4,9-10H,5-8,11H2,1-2H3. The van der Waals surface area contributed by atoms with Crippen molar-refractivity contribution in [2.24, 2.45) is 0 Å². The molecular weight excluding hydrogens is 370 g/mol. The molecule has 1 saturated heterocycles. The Balaban J connectivity index is 1.60. The van der Waals surface area contributed by atoms with Gasteiger partial charge in [-0.25, -0.2) is 0 Å². The number of benzene rings is 1. The second kappa shape index (κ2) is 7.06. The molecule has 0 saturated carbocycles. The van der Waals surface area contributed by atoms with Crippen molar-refractivity contribution in [3.05, 3.63) is 34.9 Å². The second-order valence-corrected chi connectivity index (χ2v) is 8.02. The molecular formula is C18H20ClN5OS. The van der Waals surface area contributed by atoms with Crippen LogP contribution in [0.5, 0.6) is 0 Å². The maximum atomic E-state index is 12.5. The third kappa shape index (κ3) is 3.26. The molecule has 0 spiro atoms. The highest BCUT2D eigenvalue weighted by Gasteiger charge is 2.20. The Hall–Kier alpha value is -1.83. The van der Waals surface area contributed by atoms with Gasteiger partial charge in [0.2, 0.25) is 5.91 Å². The zero-order valence-corrected chi connectivity index (χ0v) is 16.3. The summed E-state index contributed by atoms with van der Waals surface area (Å²) in [6.45, 7) is 5.47. The van der Waals surface area contributed by atoms with Gasteiger partial charge in [-0.2, -0.15) is 0 Å². The third-order valence-electron chi connectivity index (χ3n) is 4.81. The number of amides is 1. The van der Waals surface area contributed by atoms with Crippen LogP contribution in [0.2, 0.25) is 5.02 Å². The normalized spacial score (nSPS) is 15.9. The first kappa shape index (κ1) is 17.6. The van der Waals surface area contributed by atoms with E-state index >= 15 is 0 Å². The van der Waals surface area contributed by atoms with Gasteiger partial charge in [-0.15, -0.1) is 10.2 Å². The molecule has 26 heavy (non-hydrogen) atoms. The molecule has 6 nitrogen and oxygen atoms in total. The Morgan fingerprint density at radius 3 is 2.73 bits per heavy atom. The van der Waals surface area contributed by atoms with Crippen molar-refractivity contribution in [1.82, 2.24) is 24.4 Å². The van der Waals surface area contributed by atoms with Gasteiger partial charge in [0, 0.05) is 36.6 Å². The number of fused-ring (bicyclic) bond motifs is 3. The molecule has 3 heterocycles. The van der Waals surface area contributed by atoms with E-state index < -0.39 is 0 Å². The Labute approximate surface area is 161 Å². The van der Waals surface area contributed by atoms with Gasteiger partial charge in [-0.05, 0) is 43.8 Å². The van der Waals surface area contributed by atoms with E-state index in [-0.39, 0.29) is 5.91 Å². The molecule has 0 bridgehead atoms. The molecule has 4 rings (SSSR count). The molecule has 2 aromatic heterocycles. The summed E-state index contributed by atoms with van der Waals surface area (Å²) in [4.78, 5) is 16.7. The number of hydrogen-bond donors (Lipinski definition) is 0. The monoisotopic (exact) mass is 389 g/mol. The van der Waals surface area contributed by atoms with E-state index in [2.05, 4.69) is 22.1 Å². The zero-order valence-electron chi connectivity index (χ0n) is 14.8. The molecule has 0 N–H and O–H groups in total. The average Bonchev–Trinajstić information content (AvgIpc) is 3.03. The molecule has 1 fully saturated rings. The lowest BCUT2D eigenvalue weighted by atomic mass is 10.1. The summed E-state index contributed by atoms with van der Waals surface area (Å²) in [6.07, 6.45) is 0. The van der Waals surface area contributed by atoms with Gasteiger partial charge in [-0.3, -0.25) is 9.20 Å². The van der Waals surface area contributed by atoms with Gasteiger partial charge in [0.1, 0.15) is 0 Å². The summed E-state index contributed by atoms with van der Waals surface area (Å²) in [5, 5.41) is 11.1. The van der Waals surface area contributed by atoms with Gasteiger partial charge in [0.25, 0.3) is 0 Å². The van der Waals surface area contributed by atoms with Crippen molar-refractivity contribution >= 4 is 45.8 Å². The molecule has 0 radical (unpaired) electrons. The Morgan fingerprint density at radius 1 is 1.19 bits per heavy atom. The highest BCUT2D eigenvalue weighted by Crippen LogP contribution is 2.28. The molecule has 0 aliphatic carbocycles. The number of carbonyl (C=O) groups is 1. The predicted octanol–water partition coefficient (Wildman–Crippen LogP) is 2.71. The van der Waals surface area contributed by atoms with Crippen LogP contribution in [0.1, 0.15) is 5.56 Å². The molecule has 1 amide bonds. The highest BCUT2D eigenvalue weighted by atomic mass is 35.5. The number of aromatic nitrogens is 3. The Bertz CT molecular complexity index is 981. The van der Waals surface area contributed by atoms with Crippen LogP contribution in [0.4, 0.5) is 0 Å². The minimum absolute atomic E-state index is 0.152. The number of hydrogen-bond acceptors (Lipinski definition) is 5. The fraction of sp³-hybridized carbons (Fsp3) is 0.389. The van der Waals surface area contributed by atoms with Crippen LogP contribution in [0.15, 0.2) is 29.4 Å². The van der Waals surface area contributed by atoms with Gasteiger partial charge in [0.05, 0.1) is 11.3 Å². The van der Waals surface area contributed by atoms with E-state index in [1.807, 2.05) is 40.5 Å². The molecule has 8 heteroatoms. The van der Waals surface area contributed by atoms with E-state index in [4.69, 9.17) is 11.6 Å². The first-order valence-corrected chi connectivity index (χ1v) is 9.92. The van der Waals surface area contributed by atoms with Gasteiger partial charge < -0.3 is 9.80 Å². The van der Waals surface area contributed by atoms with E-state index in [1.54, 1.807) is 0 Å². The second-order valence-electron chi connectivity index (χ2n) is 6.64. The van der Waals surface area contributed by atoms with Crippen molar-refractivity contribution in [2.75, 3.05) is 39.0 Å². The van der Waals surface area contributed by atoms with Crippen LogP contribution in [0, 0.1) is 6.92 Å². The SMILES string of the molecule is Cc1cc2nnc(SCC(=O)N3CCN(C)CC3)n2c2ccc(Cl)cc12. The summed E-state index contributed by atoms with van der Waals surface area (Å²) < 4.78 is 2.00. The fourth-order valence-electron chi connectivity index (χ4n) is 3.26. The lowest BCUT2D eigenvalue weighted by Gasteiger charge is -2.32. The quantitative estimate of drug-likeness (QED) is 0.645. The summed E-state index contributed by atoms with van der Waals surface area (Å²) in [7, 11) is 2.08. The number of thioether (sulfide) groups is 1. The lowest BCUT2D eigenvalue weighted by molar-refractivity contribution is -0.129. The summed E-state index contributed by atoms with van der Waals surface area (Å²) in [5.74, 6) is 0.521. The van der Waals surface area contributed by atoms with Crippen molar-refractivity contribution in [3.63, 3.8) is 0 Å². The van der Waals surface area contributed by atoms with E-state index in [9.17, 15) is 4.79 Å². The number of piperazine rings is 1. The molecule has 1 aliphatic heterocycles. The predicted molar refractivity (Wildman–Crippen MR) is 105 cm³/mol. The summed E-state index contributed by atoms with van der Waals surface area (Å²) >= 11 is 7.59. The number of aryl methyl sites for hydroxylation is 1. The minimum atomic E-state index is 0.152. The number of pyridine rings is 1. The molecule has 136 valence electrons. The number of rotatable bonds is 3. The highest BCUT2D eigenvalue weighted by molar-refractivity contribution is 7.99. The van der Waals surface area contributed by atoms with Crippen molar-refractivity contribution < 1.29 is 4.79 Å². The first-order chi connectivity index (χ1) is 12.5. The molecule has 0 unspecified atom stereocenters. The average molecular weight is 390 g/mol. The molecule has 0 atom stereocenters. The topological polar surface area (TPSA) is 53.7 Å². The van der Waals surface area contributed by atoms with Gasteiger partial charge in [-0.1, -0.05) is 23.4 Å². The fourth-order valence-corrected chi connectivity index (χ4v) is 4.29. The zero-order chi connectivity index (χ0) is 18.3. The number of carbonyl (C=O) groups excluding carboxylic acids is 1. The molecule has 1 aromatic carbocycles. The minimum Gasteiger partial charge on any atom is -0.339 e. The Morgan fingerprint density at radius 2 is 1.96 bits per heavy atom. The van der Waals surface area contributed by atoms with Crippen molar-refractivity contribution in [1.29, 1.82) is 0 Å². The van der Waals surface area contributed by atoms with Crippen molar-refractivity contribution in [2.45, 2.75) is 12.1 Å². The van der Waals surface area contributed by atoms with E-state index in [0.717, 1.165) is 53.4 Å².